The lowest BCUT2D eigenvalue weighted by molar-refractivity contribution is 0.0985. The third-order valence-corrected chi connectivity index (χ3v) is 5.78. The Labute approximate surface area is 192 Å². The van der Waals surface area contributed by atoms with E-state index in [1.807, 2.05) is 52.0 Å². The zero-order valence-corrected chi connectivity index (χ0v) is 19.7. The van der Waals surface area contributed by atoms with E-state index in [1.165, 1.54) is 15.7 Å². The van der Waals surface area contributed by atoms with Crippen LogP contribution in [0.25, 0.3) is 5.69 Å². The average Bonchev–Trinajstić information content (AvgIpc) is 3.16. The number of nitrogens with two attached hydrogens (primary N) is 1. The van der Waals surface area contributed by atoms with Gasteiger partial charge in [0.15, 0.2) is 5.69 Å². The highest BCUT2D eigenvalue weighted by Gasteiger charge is 2.27. The number of nitrogens with zero attached hydrogens (tertiary/aromatic N) is 4. The second kappa shape index (κ2) is 10.3. The van der Waals surface area contributed by atoms with E-state index >= 15 is 0 Å². The maximum atomic E-state index is 13.7. The Morgan fingerprint density at radius 3 is 2.48 bits per heavy atom. The number of unbranched alkanes of at least 4 members (excludes halogenated alkanes) is 2. The number of anilines is 2. The van der Waals surface area contributed by atoms with Crippen molar-refractivity contribution in [1.29, 1.82) is 0 Å². The molecule has 176 valence electrons. The summed E-state index contributed by atoms with van der Waals surface area (Å²) in [5.74, 6) is -0.371. The Morgan fingerprint density at radius 2 is 1.82 bits per heavy atom. The van der Waals surface area contributed by atoms with Gasteiger partial charge in [0.2, 0.25) is 0 Å². The van der Waals surface area contributed by atoms with Gasteiger partial charge >= 0.3 is 5.69 Å². The molecule has 0 bridgehead atoms. The van der Waals surface area contributed by atoms with E-state index in [0.717, 1.165) is 30.5 Å². The van der Waals surface area contributed by atoms with Crippen molar-refractivity contribution in [3.05, 3.63) is 68.1 Å². The van der Waals surface area contributed by atoms with Gasteiger partial charge in [-0.25, -0.2) is 9.48 Å². The highest BCUT2D eigenvalue weighted by molar-refractivity contribution is 6.07. The Balaban J connectivity index is 2.10. The van der Waals surface area contributed by atoms with Crippen LogP contribution in [0.1, 0.15) is 61.1 Å². The van der Waals surface area contributed by atoms with Gasteiger partial charge in [0, 0.05) is 13.1 Å². The van der Waals surface area contributed by atoms with E-state index in [2.05, 4.69) is 10.1 Å². The Hall–Kier alpha value is -3.62. The molecule has 1 amide bonds. The molecule has 3 aromatic rings. The van der Waals surface area contributed by atoms with Crippen LogP contribution in [0.3, 0.4) is 0 Å². The highest BCUT2D eigenvalue weighted by Crippen LogP contribution is 2.23. The topological polar surface area (TPSA) is 119 Å². The van der Waals surface area contributed by atoms with Gasteiger partial charge in [-0.1, -0.05) is 44.9 Å². The van der Waals surface area contributed by atoms with Gasteiger partial charge in [-0.2, -0.15) is 5.10 Å². The van der Waals surface area contributed by atoms with Crippen LogP contribution in [0.5, 0.6) is 0 Å². The number of carbonyl (C=O) groups is 1. The van der Waals surface area contributed by atoms with Crippen LogP contribution in [0, 0.1) is 13.8 Å². The van der Waals surface area contributed by atoms with E-state index in [1.54, 1.807) is 4.68 Å². The average molecular weight is 453 g/mol. The molecule has 3 N–H and O–H groups in total. The number of rotatable bonds is 9. The van der Waals surface area contributed by atoms with Gasteiger partial charge in [0.05, 0.1) is 23.1 Å². The van der Waals surface area contributed by atoms with Crippen LogP contribution in [0.4, 0.5) is 11.5 Å². The lowest BCUT2D eigenvalue weighted by Crippen LogP contribution is -2.41. The molecule has 0 saturated heterocycles. The second-order valence-electron chi connectivity index (χ2n) is 8.15. The zero-order chi connectivity index (χ0) is 24.1. The molecule has 9 nitrogen and oxygen atoms in total. The number of benzene rings is 1. The normalized spacial score (nSPS) is 11.0. The van der Waals surface area contributed by atoms with Gasteiger partial charge in [-0.3, -0.25) is 19.1 Å². The summed E-state index contributed by atoms with van der Waals surface area (Å²) in [5, 5.41) is 4.44. The fourth-order valence-electron chi connectivity index (χ4n) is 3.82. The molecule has 0 aliphatic heterocycles. The first-order valence-electron chi connectivity index (χ1n) is 11.4. The predicted molar refractivity (Wildman–Crippen MR) is 130 cm³/mol. The molecule has 0 atom stereocenters. The third kappa shape index (κ3) is 4.76. The Bertz CT molecular complexity index is 1250. The first-order chi connectivity index (χ1) is 15.8. The van der Waals surface area contributed by atoms with E-state index in [0.29, 0.717) is 30.8 Å². The van der Waals surface area contributed by atoms with Crippen molar-refractivity contribution in [3.8, 4) is 5.69 Å². The van der Waals surface area contributed by atoms with Gasteiger partial charge in [0.1, 0.15) is 5.82 Å². The number of aromatic nitrogens is 4. The van der Waals surface area contributed by atoms with Crippen LogP contribution in [-0.4, -0.2) is 31.8 Å². The largest absolute Gasteiger partial charge is 0.383 e. The number of aryl methyl sites for hydroxylation is 1. The van der Waals surface area contributed by atoms with E-state index in [9.17, 15) is 14.4 Å². The molecule has 1 aromatic carbocycles. The second-order valence-corrected chi connectivity index (χ2v) is 8.15. The molecule has 2 aromatic heterocycles. The van der Waals surface area contributed by atoms with Crippen LogP contribution in [0.15, 0.2) is 40.1 Å². The number of para-hydroxylation sites is 1. The van der Waals surface area contributed by atoms with Crippen molar-refractivity contribution in [2.24, 2.45) is 0 Å². The fraction of sp³-hybridized carbons (Fsp3) is 0.417. The molecule has 3 rings (SSSR count). The number of amides is 1. The molecule has 0 radical (unpaired) electrons. The van der Waals surface area contributed by atoms with Crippen LogP contribution in [-0.2, 0) is 6.54 Å². The van der Waals surface area contributed by atoms with Crippen molar-refractivity contribution in [3.63, 3.8) is 0 Å². The quantitative estimate of drug-likeness (QED) is 0.517. The van der Waals surface area contributed by atoms with Crippen molar-refractivity contribution < 1.29 is 4.79 Å². The lowest BCUT2D eigenvalue weighted by Gasteiger charge is -2.24. The Kier molecular flexibility index (Phi) is 7.52. The number of hydrogen-bond donors (Lipinski definition) is 2. The molecule has 0 fully saturated rings. The minimum atomic E-state index is -0.668. The molecule has 2 heterocycles. The van der Waals surface area contributed by atoms with Gasteiger partial charge < -0.3 is 10.6 Å². The van der Waals surface area contributed by atoms with E-state index in [4.69, 9.17) is 5.73 Å². The summed E-state index contributed by atoms with van der Waals surface area (Å²) in [6, 6.07) is 7.77. The van der Waals surface area contributed by atoms with Gasteiger partial charge in [-0.15, -0.1) is 0 Å². The molecular weight excluding hydrogens is 420 g/mol. The molecule has 33 heavy (non-hydrogen) atoms. The van der Waals surface area contributed by atoms with Gasteiger partial charge in [-0.05, 0) is 38.3 Å². The van der Waals surface area contributed by atoms with E-state index < -0.39 is 11.2 Å². The maximum Gasteiger partial charge on any atom is 0.330 e. The smallest absolute Gasteiger partial charge is 0.330 e. The summed E-state index contributed by atoms with van der Waals surface area (Å²) >= 11 is 0. The molecule has 9 heteroatoms. The summed E-state index contributed by atoms with van der Waals surface area (Å²) in [7, 11) is 0. The minimum absolute atomic E-state index is 0.00519. The lowest BCUT2D eigenvalue weighted by atomic mass is 10.1. The standard InChI is InChI=1S/C24H32N6O3/c1-5-7-13-28(20-21(25)29(14-8-6-2)24(33)27-22(20)31)23(32)18-15-26-30(17(18)4)19-12-10-9-11-16(19)3/h9-12,15H,5-8,13-14,25H2,1-4H3,(H,27,31,33). The minimum Gasteiger partial charge on any atom is -0.383 e. The van der Waals surface area contributed by atoms with Gasteiger partial charge in [0.25, 0.3) is 11.5 Å². The summed E-state index contributed by atoms with van der Waals surface area (Å²) in [6.07, 6.45) is 4.58. The monoisotopic (exact) mass is 452 g/mol. The van der Waals surface area contributed by atoms with E-state index in [-0.39, 0.29) is 17.4 Å². The molecule has 0 unspecified atom stereocenters. The summed E-state index contributed by atoms with van der Waals surface area (Å²) < 4.78 is 3.05. The number of nitrogen functional groups attached to an aromatic ring is 1. The van der Waals surface area contributed by atoms with Crippen molar-refractivity contribution in [2.45, 2.75) is 59.9 Å². The zero-order valence-electron chi connectivity index (χ0n) is 19.7. The van der Waals surface area contributed by atoms with Crippen molar-refractivity contribution in [2.75, 3.05) is 17.2 Å². The molecule has 0 aliphatic carbocycles. The van der Waals surface area contributed by atoms with Crippen LogP contribution < -0.4 is 21.9 Å². The van der Waals surface area contributed by atoms with Crippen molar-refractivity contribution in [1.82, 2.24) is 19.3 Å². The fourth-order valence-corrected chi connectivity index (χ4v) is 3.82. The van der Waals surface area contributed by atoms with Crippen LogP contribution >= 0.6 is 0 Å². The highest BCUT2D eigenvalue weighted by atomic mass is 16.2. The maximum absolute atomic E-state index is 13.7. The number of aromatic amines is 1. The number of hydrogen-bond acceptors (Lipinski definition) is 5. The predicted octanol–water partition coefficient (Wildman–Crippen LogP) is 3.17. The third-order valence-electron chi connectivity index (χ3n) is 5.78. The molecule has 0 aliphatic rings. The van der Waals surface area contributed by atoms with Crippen LogP contribution in [0.2, 0.25) is 0 Å². The number of H-pyrrole nitrogens is 1. The molecular formula is C24H32N6O3. The summed E-state index contributed by atoms with van der Waals surface area (Å²) in [6.45, 7) is 8.46. The first kappa shape index (κ1) is 24.0. The summed E-state index contributed by atoms with van der Waals surface area (Å²) in [4.78, 5) is 42.6. The first-order valence-corrected chi connectivity index (χ1v) is 11.4. The summed E-state index contributed by atoms with van der Waals surface area (Å²) in [5.41, 5.74) is 8.00. The van der Waals surface area contributed by atoms with Crippen molar-refractivity contribution >= 4 is 17.4 Å². The molecule has 0 spiro atoms. The number of carbonyl (C=O) groups excluding carboxylic acids is 1. The SMILES string of the molecule is CCCCN(C(=O)c1cnn(-c2ccccc2C)c1C)c1c(N)n(CCCC)c(=O)[nH]c1=O. The Morgan fingerprint density at radius 1 is 1.12 bits per heavy atom. The number of nitrogens with one attached hydrogen (secondary N) is 1. The molecule has 0 saturated carbocycles.